The van der Waals surface area contributed by atoms with Crippen molar-refractivity contribution in [1.29, 1.82) is 0 Å². The van der Waals surface area contributed by atoms with E-state index in [1.54, 1.807) is 24.3 Å². The van der Waals surface area contributed by atoms with Crippen molar-refractivity contribution < 1.29 is 4.79 Å². The highest BCUT2D eigenvalue weighted by molar-refractivity contribution is 9.10. The Morgan fingerprint density at radius 1 is 1.17 bits per heavy atom. The molecule has 1 N–H and O–H groups in total. The first-order valence-electron chi connectivity index (χ1n) is 5.39. The molecule has 2 rings (SSSR count). The zero-order chi connectivity index (χ0) is 13.1. The molecule has 4 heteroatoms. The lowest BCUT2D eigenvalue weighted by Crippen LogP contribution is -2.12. The summed E-state index contributed by atoms with van der Waals surface area (Å²) in [6.45, 7) is 2.00. The molecular weight excluding hydrogens is 314 g/mol. The van der Waals surface area contributed by atoms with Gasteiger partial charge in [0.25, 0.3) is 5.91 Å². The van der Waals surface area contributed by atoms with Gasteiger partial charge in [-0.3, -0.25) is 4.79 Å². The van der Waals surface area contributed by atoms with Crippen molar-refractivity contribution >= 4 is 39.1 Å². The fourth-order valence-electron chi connectivity index (χ4n) is 1.52. The van der Waals surface area contributed by atoms with Gasteiger partial charge in [0, 0.05) is 15.1 Å². The number of hydrogen-bond acceptors (Lipinski definition) is 1. The number of carbonyl (C=O) groups excluding carboxylic acids is 1. The molecule has 92 valence electrons. The average Bonchev–Trinajstić information content (AvgIpc) is 2.33. The van der Waals surface area contributed by atoms with Crippen LogP contribution >= 0.6 is 27.5 Å². The van der Waals surface area contributed by atoms with E-state index in [9.17, 15) is 4.79 Å². The average molecular weight is 325 g/mol. The third-order valence-corrected chi connectivity index (χ3v) is 3.39. The van der Waals surface area contributed by atoms with Gasteiger partial charge in [0.2, 0.25) is 0 Å². The first-order valence-corrected chi connectivity index (χ1v) is 6.56. The van der Waals surface area contributed by atoms with E-state index in [0.717, 1.165) is 15.7 Å². The molecule has 0 aliphatic rings. The summed E-state index contributed by atoms with van der Waals surface area (Å²) in [5, 5.41) is 3.46. The second-order valence-electron chi connectivity index (χ2n) is 3.94. The molecule has 0 unspecified atom stereocenters. The lowest BCUT2D eigenvalue weighted by Gasteiger charge is -2.08. The monoisotopic (exact) mass is 323 g/mol. The van der Waals surface area contributed by atoms with E-state index < -0.39 is 0 Å². The van der Waals surface area contributed by atoms with Crippen LogP contribution in [0.5, 0.6) is 0 Å². The van der Waals surface area contributed by atoms with E-state index in [1.807, 2.05) is 25.1 Å². The lowest BCUT2D eigenvalue weighted by atomic mass is 10.2. The van der Waals surface area contributed by atoms with Gasteiger partial charge in [-0.05, 0) is 64.8 Å². The fourth-order valence-corrected chi connectivity index (χ4v) is 2.24. The first-order chi connectivity index (χ1) is 8.56. The Hall–Kier alpha value is -1.32. The highest BCUT2D eigenvalue weighted by atomic mass is 79.9. The molecule has 0 radical (unpaired) electrons. The maximum Gasteiger partial charge on any atom is 0.255 e. The van der Waals surface area contributed by atoms with Gasteiger partial charge < -0.3 is 5.32 Å². The number of rotatable bonds is 2. The third kappa shape index (κ3) is 3.12. The Morgan fingerprint density at radius 2 is 1.83 bits per heavy atom. The van der Waals surface area contributed by atoms with E-state index in [4.69, 9.17) is 11.6 Å². The van der Waals surface area contributed by atoms with Crippen LogP contribution in [-0.4, -0.2) is 5.91 Å². The van der Waals surface area contributed by atoms with Gasteiger partial charge in [-0.15, -0.1) is 0 Å². The van der Waals surface area contributed by atoms with Crippen molar-refractivity contribution in [2.24, 2.45) is 0 Å². The standard InChI is InChI=1S/C14H11BrClNO/c1-9-2-7-13(12(15)8-9)17-14(18)10-3-5-11(16)6-4-10/h2-8H,1H3,(H,17,18). The van der Waals surface area contributed by atoms with Crippen LogP contribution in [0, 0.1) is 6.92 Å². The Morgan fingerprint density at radius 3 is 2.44 bits per heavy atom. The molecule has 0 heterocycles. The molecule has 0 spiro atoms. The number of halogens is 2. The summed E-state index contributed by atoms with van der Waals surface area (Å²) in [4.78, 5) is 12.0. The Labute approximate surface area is 119 Å². The van der Waals surface area contributed by atoms with Crippen molar-refractivity contribution in [2.75, 3.05) is 5.32 Å². The van der Waals surface area contributed by atoms with Crippen LogP contribution in [0.3, 0.4) is 0 Å². The maximum atomic E-state index is 12.0. The quantitative estimate of drug-likeness (QED) is 0.855. The Bertz CT molecular complexity index is 581. The van der Waals surface area contributed by atoms with Crippen LogP contribution in [0.1, 0.15) is 15.9 Å². The van der Waals surface area contributed by atoms with Crippen molar-refractivity contribution in [3.8, 4) is 0 Å². The van der Waals surface area contributed by atoms with E-state index in [-0.39, 0.29) is 5.91 Å². The number of anilines is 1. The number of amides is 1. The van der Waals surface area contributed by atoms with Crippen molar-refractivity contribution in [3.05, 3.63) is 63.1 Å². The maximum absolute atomic E-state index is 12.0. The number of carbonyl (C=O) groups is 1. The SMILES string of the molecule is Cc1ccc(NC(=O)c2ccc(Cl)cc2)c(Br)c1. The van der Waals surface area contributed by atoms with Gasteiger partial charge >= 0.3 is 0 Å². The molecule has 1 amide bonds. The summed E-state index contributed by atoms with van der Waals surface area (Å²) in [7, 11) is 0. The molecule has 0 aliphatic heterocycles. The number of hydrogen-bond donors (Lipinski definition) is 1. The second kappa shape index (κ2) is 5.55. The van der Waals surface area contributed by atoms with E-state index in [2.05, 4.69) is 21.2 Å². The van der Waals surface area contributed by atoms with Crippen LogP contribution in [-0.2, 0) is 0 Å². The summed E-state index contributed by atoms with van der Waals surface area (Å²) in [5.74, 6) is -0.156. The minimum absolute atomic E-state index is 0.156. The third-order valence-electron chi connectivity index (χ3n) is 2.48. The summed E-state index contributed by atoms with van der Waals surface area (Å²) in [5.41, 5.74) is 2.46. The smallest absolute Gasteiger partial charge is 0.255 e. The predicted octanol–water partition coefficient (Wildman–Crippen LogP) is 4.66. The van der Waals surface area contributed by atoms with Crippen molar-refractivity contribution in [3.63, 3.8) is 0 Å². The molecule has 0 atom stereocenters. The van der Waals surface area contributed by atoms with Crippen LogP contribution < -0.4 is 5.32 Å². The van der Waals surface area contributed by atoms with Gasteiger partial charge in [-0.25, -0.2) is 0 Å². The van der Waals surface area contributed by atoms with E-state index in [0.29, 0.717) is 10.6 Å². The highest BCUT2D eigenvalue weighted by Crippen LogP contribution is 2.24. The Kier molecular flexibility index (Phi) is 4.04. The fraction of sp³-hybridized carbons (Fsp3) is 0.0714. The molecule has 18 heavy (non-hydrogen) atoms. The molecular formula is C14H11BrClNO. The largest absolute Gasteiger partial charge is 0.321 e. The molecule has 0 bridgehead atoms. The second-order valence-corrected chi connectivity index (χ2v) is 5.24. The normalized spacial score (nSPS) is 10.2. The van der Waals surface area contributed by atoms with E-state index in [1.165, 1.54) is 0 Å². The van der Waals surface area contributed by atoms with Gasteiger partial charge in [0.15, 0.2) is 0 Å². The topological polar surface area (TPSA) is 29.1 Å². The molecule has 2 nitrogen and oxygen atoms in total. The van der Waals surface area contributed by atoms with Gasteiger partial charge in [0.1, 0.15) is 0 Å². The minimum Gasteiger partial charge on any atom is -0.321 e. The van der Waals surface area contributed by atoms with Crippen LogP contribution in [0.2, 0.25) is 5.02 Å². The molecule has 0 fully saturated rings. The van der Waals surface area contributed by atoms with Gasteiger partial charge in [-0.1, -0.05) is 17.7 Å². The molecule has 0 saturated heterocycles. The van der Waals surface area contributed by atoms with Crippen molar-refractivity contribution in [1.82, 2.24) is 0 Å². The minimum atomic E-state index is -0.156. The predicted molar refractivity (Wildman–Crippen MR) is 78.3 cm³/mol. The van der Waals surface area contributed by atoms with Crippen LogP contribution in [0.25, 0.3) is 0 Å². The summed E-state index contributed by atoms with van der Waals surface area (Å²) in [6.07, 6.45) is 0. The zero-order valence-electron chi connectivity index (χ0n) is 9.71. The number of benzene rings is 2. The number of nitrogens with one attached hydrogen (secondary N) is 1. The van der Waals surface area contributed by atoms with Crippen LogP contribution in [0.4, 0.5) is 5.69 Å². The van der Waals surface area contributed by atoms with E-state index >= 15 is 0 Å². The molecule has 0 saturated carbocycles. The zero-order valence-corrected chi connectivity index (χ0v) is 12.0. The molecule has 2 aromatic rings. The molecule has 0 aliphatic carbocycles. The summed E-state index contributed by atoms with van der Waals surface area (Å²) < 4.78 is 0.866. The summed E-state index contributed by atoms with van der Waals surface area (Å²) >= 11 is 9.20. The summed E-state index contributed by atoms with van der Waals surface area (Å²) in [6, 6.07) is 12.5. The molecule has 2 aromatic carbocycles. The highest BCUT2D eigenvalue weighted by Gasteiger charge is 2.08. The molecule has 0 aromatic heterocycles. The number of aryl methyl sites for hydroxylation is 1. The van der Waals surface area contributed by atoms with Crippen LogP contribution in [0.15, 0.2) is 46.9 Å². The lowest BCUT2D eigenvalue weighted by molar-refractivity contribution is 0.102. The van der Waals surface area contributed by atoms with Gasteiger partial charge in [0.05, 0.1) is 5.69 Å². The van der Waals surface area contributed by atoms with Gasteiger partial charge in [-0.2, -0.15) is 0 Å². The Balaban J connectivity index is 2.18. The van der Waals surface area contributed by atoms with Crippen molar-refractivity contribution in [2.45, 2.75) is 6.92 Å². The first kappa shape index (κ1) is 13.1.